The Labute approximate surface area is 183 Å². The number of rotatable bonds is 4. The van der Waals surface area contributed by atoms with Crippen LogP contribution in [-0.4, -0.2) is 9.55 Å². The minimum absolute atomic E-state index is 0.0128. The van der Waals surface area contributed by atoms with Gasteiger partial charge in [-0.2, -0.15) is 5.26 Å². The Bertz CT molecular complexity index is 1380. The highest BCUT2D eigenvalue weighted by molar-refractivity contribution is 7.18. The monoisotopic (exact) mass is 431 g/mol. The third-order valence-corrected chi connectivity index (χ3v) is 6.97. The van der Waals surface area contributed by atoms with Crippen LogP contribution in [0.1, 0.15) is 39.4 Å². The number of aromatic nitrogens is 2. The summed E-state index contributed by atoms with van der Waals surface area (Å²) in [5.74, 6) is 0.719. The van der Waals surface area contributed by atoms with Crippen molar-refractivity contribution in [3.05, 3.63) is 96.9 Å². The van der Waals surface area contributed by atoms with Crippen LogP contribution in [0.25, 0.3) is 10.2 Å². The quantitative estimate of drug-likeness (QED) is 0.451. The average Bonchev–Trinajstić information content (AvgIpc) is 3.32. The highest BCUT2D eigenvalue weighted by Gasteiger charge is 2.23. The summed E-state index contributed by atoms with van der Waals surface area (Å²) in [5.41, 5.74) is 3.71. The van der Waals surface area contributed by atoms with E-state index in [0.717, 1.165) is 46.4 Å². The molecule has 30 heavy (non-hydrogen) atoms. The normalized spacial score (nSPS) is 12.8. The topological polar surface area (TPSA) is 58.7 Å². The molecule has 2 aromatic carbocycles. The van der Waals surface area contributed by atoms with Crippen LogP contribution < -0.4 is 5.56 Å². The maximum atomic E-state index is 13.6. The fraction of sp³-hybridized carbons (Fsp3) is 0.208. The fourth-order valence-electron chi connectivity index (χ4n) is 4.17. The molecule has 2 heterocycles. The lowest BCUT2D eigenvalue weighted by Crippen LogP contribution is -2.26. The van der Waals surface area contributed by atoms with E-state index in [1.165, 1.54) is 10.4 Å². The third-order valence-electron chi connectivity index (χ3n) is 5.55. The van der Waals surface area contributed by atoms with Crippen molar-refractivity contribution < 1.29 is 0 Å². The van der Waals surface area contributed by atoms with Gasteiger partial charge in [0.15, 0.2) is 0 Å². The van der Waals surface area contributed by atoms with Crippen LogP contribution in [0, 0.1) is 11.3 Å². The molecule has 0 saturated heterocycles. The van der Waals surface area contributed by atoms with Crippen molar-refractivity contribution in [1.29, 1.82) is 5.26 Å². The van der Waals surface area contributed by atoms with Gasteiger partial charge in [0.05, 0.1) is 23.6 Å². The molecule has 0 unspecified atom stereocenters. The molecule has 148 valence electrons. The smallest absolute Gasteiger partial charge is 0.262 e. The minimum atomic E-state index is 0.0128. The first-order valence-electron chi connectivity index (χ1n) is 9.90. The van der Waals surface area contributed by atoms with E-state index in [0.29, 0.717) is 23.6 Å². The lowest BCUT2D eigenvalue weighted by molar-refractivity contribution is 0.694. The Hall–Kier alpha value is -2.94. The standard InChI is InChI=1S/C24H18ClN3OS/c25-18-7-2-4-15(11-18)12-21-27-23-22(19-8-3-9-20(19)30-23)24(29)28(21)14-17-6-1-5-16(10-17)13-26/h1-2,4-7,10-11H,3,8-9,12,14H2. The molecular formula is C24H18ClN3OS. The molecule has 4 nitrogen and oxygen atoms in total. The summed E-state index contributed by atoms with van der Waals surface area (Å²) >= 11 is 7.83. The molecule has 6 heteroatoms. The Kier molecular flexibility index (Phi) is 4.90. The number of halogens is 1. The molecule has 2 aromatic heterocycles. The summed E-state index contributed by atoms with van der Waals surface area (Å²) in [7, 11) is 0. The maximum Gasteiger partial charge on any atom is 0.262 e. The Morgan fingerprint density at radius 1 is 1.13 bits per heavy atom. The molecule has 0 N–H and O–H groups in total. The van der Waals surface area contributed by atoms with E-state index in [4.69, 9.17) is 16.6 Å². The Morgan fingerprint density at radius 2 is 1.97 bits per heavy atom. The second-order valence-corrected chi connectivity index (χ2v) is 9.10. The van der Waals surface area contributed by atoms with E-state index in [1.54, 1.807) is 22.0 Å². The van der Waals surface area contributed by atoms with Crippen LogP contribution >= 0.6 is 22.9 Å². The zero-order chi connectivity index (χ0) is 20.7. The first kappa shape index (κ1) is 19.0. The average molecular weight is 432 g/mol. The van der Waals surface area contributed by atoms with Crippen LogP contribution in [0.15, 0.2) is 53.3 Å². The predicted octanol–water partition coefficient (Wildman–Crippen LogP) is 5.11. The van der Waals surface area contributed by atoms with E-state index in [9.17, 15) is 10.1 Å². The summed E-state index contributed by atoms with van der Waals surface area (Å²) in [6.07, 6.45) is 3.60. The number of fused-ring (bicyclic) bond motifs is 3. The molecule has 0 bridgehead atoms. The summed E-state index contributed by atoms with van der Waals surface area (Å²) in [6.45, 7) is 0.387. The number of hydrogen-bond donors (Lipinski definition) is 0. The van der Waals surface area contributed by atoms with Gasteiger partial charge in [0.1, 0.15) is 10.7 Å². The predicted molar refractivity (Wildman–Crippen MR) is 120 cm³/mol. The van der Waals surface area contributed by atoms with E-state index < -0.39 is 0 Å². The lowest BCUT2D eigenvalue weighted by atomic mass is 10.1. The van der Waals surface area contributed by atoms with Gasteiger partial charge in [-0.25, -0.2) is 4.98 Å². The minimum Gasteiger partial charge on any atom is -0.291 e. The first-order valence-corrected chi connectivity index (χ1v) is 11.1. The van der Waals surface area contributed by atoms with Gasteiger partial charge < -0.3 is 0 Å². The number of nitriles is 1. The third kappa shape index (κ3) is 3.43. The number of benzene rings is 2. The molecule has 0 spiro atoms. The second-order valence-electron chi connectivity index (χ2n) is 7.58. The van der Waals surface area contributed by atoms with Crippen LogP contribution in [0.5, 0.6) is 0 Å². The van der Waals surface area contributed by atoms with Crippen molar-refractivity contribution in [3.63, 3.8) is 0 Å². The number of aryl methyl sites for hydroxylation is 2. The highest BCUT2D eigenvalue weighted by atomic mass is 35.5. The van der Waals surface area contributed by atoms with Crippen molar-refractivity contribution in [2.24, 2.45) is 0 Å². The van der Waals surface area contributed by atoms with Crippen molar-refractivity contribution in [3.8, 4) is 6.07 Å². The molecule has 4 aromatic rings. The molecule has 0 radical (unpaired) electrons. The molecule has 0 saturated carbocycles. The van der Waals surface area contributed by atoms with Crippen LogP contribution in [-0.2, 0) is 25.8 Å². The van der Waals surface area contributed by atoms with E-state index in [1.807, 2.05) is 42.5 Å². The molecule has 1 aliphatic carbocycles. The van der Waals surface area contributed by atoms with Gasteiger partial charge in [0.2, 0.25) is 0 Å². The van der Waals surface area contributed by atoms with Gasteiger partial charge in [0, 0.05) is 16.3 Å². The van der Waals surface area contributed by atoms with Gasteiger partial charge in [-0.15, -0.1) is 11.3 Å². The molecule has 0 fully saturated rings. The van der Waals surface area contributed by atoms with E-state index >= 15 is 0 Å². The van der Waals surface area contributed by atoms with Gasteiger partial charge in [0.25, 0.3) is 5.56 Å². The maximum absolute atomic E-state index is 13.6. The van der Waals surface area contributed by atoms with E-state index in [2.05, 4.69) is 6.07 Å². The van der Waals surface area contributed by atoms with E-state index in [-0.39, 0.29) is 5.56 Å². The van der Waals surface area contributed by atoms with Gasteiger partial charge in [-0.3, -0.25) is 9.36 Å². The molecular weight excluding hydrogens is 414 g/mol. The molecule has 5 rings (SSSR count). The van der Waals surface area contributed by atoms with Gasteiger partial charge in [-0.1, -0.05) is 35.9 Å². The number of nitrogens with zero attached hydrogens (tertiary/aromatic N) is 3. The molecule has 0 aliphatic heterocycles. The van der Waals surface area contributed by atoms with Crippen molar-refractivity contribution in [2.75, 3.05) is 0 Å². The van der Waals surface area contributed by atoms with Crippen LogP contribution in [0.3, 0.4) is 0 Å². The zero-order valence-corrected chi connectivity index (χ0v) is 17.8. The van der Waals surface area contributed by atoms with Crippen molar-refractivity contribution >= 4 is 33.2 Å². The fourth-order valence-corrected chi connectivity index (χ4v) is 5.65. The van der Waals surface area contributed by atoms with Crippen LogP contribution in [0.2, 0.25) is 5.02 Å². The van der Waals surface area contributed by atoms with Crippen molar-refractivity contribution in [2.45, 2.75) is 32.2 Å². The van der Waals surface area contributed by atoms with Crippen molar-refractivity contribution in [1.82, 2.24) is 9.55 Å². The Balaban J connectivity index is 1.67. The summed E-state index contributed by atoms with van der Waals surface area (Å²) < 4.78 is 1.77. The zero-order valence-electron chi connectivity index (χ0n) is 16.2. The molecule has 1 aliphatic rings. The van der Waals surface area contributed by atoms with Gasteiger partial charge in [-0.05, 0) is 60.2 Å². The second kappa shape index (κ2) is 7.71. The number of thiophene rings is 1. The lowest BCUT2D eigenvalue weighted by Gasteiger charge is -2.14. The molecule has 0 amide bonds. The SMILES string of the molecule is N#Cc1cccc(Cn2c(Cc3cccc(Cl)c3)nc3sc4c(c3c2=O)CCC4)c1. The summed E-state index contributed by atoms with van der Waals surface area (Å²) in [5, 5.41) is 10.7. The van der Waals surface area contributed by atoms with Crippen LogP contribution in [0.4, 0.5) is 0 Å². The molecule has 0 atom stereocenters. The number of hydrogen-bond acceptors (Lipinski definition) is 4. The van der Waals surface area contributed by atoms with Gasteiger partial charge >= 0.3 is 0 Å². The largest absolute Gasteiger partial charge is 0.291 e. The highest BCUT2D eigenvalue weighted by Crippen LogP contribution is 2.35. The Morgan fingerprint density at radius 3 is 2.80 bits per heavy atom. The first-order chi connectivity index (χ1) is 14.6. The summed E-state index contributed by atoms with van der Waals surface area (Å²) in [6, 6.07) is 17.2. The summed E-state index contributed by atoms with van der Waals surface area (Å²) in [4.78, 5) is 20.7.